The minimum absolute atomic E-state index is 0.135. The summed E-state index contributed by atoms with van der Waals surface area (Å²) in [5, 5.41) is 7.43. The zero-order valence-corrected chi connectivity index (χ0v) is 12.5. The van der Waals surface area contributed by atoms with Gasteiger partial charge in [0.1, 0.15) is 12.7 Å². The number of nitrogens with two attached hydrogens (primary N) is 1. The Kier molecular flexibility index (Phi) is 5.30. The zero-order valence-electron chi connectivity index (χ0n) is 11.8. The van der Waals surface area contributed by atoms with Crippen LogP contribution in [0.25, 0.3) is 5.69 Å². The van der Waals surface area contributed by atoms with Crippen molar-refractivity contribution in [3.05, 3.63) is 35.9 Å². The van der Waals surface area contributed by atoms with Crippen molar-refractivity contribution in [2.24, 2.45) is 5.73 Å². The first-order valence-corrected chi connectivity index (χ1v) is 7.18. The van der Waals surface area contributed by atoms with E-state index in [1.165, 1.54) is 6.33 Å². The number of anilines is 1. The van der Waals surface area contributed by atoms with E-state index in [2.05, 4.69) is 15.4 Å². The number of carbonyl (C=O) groups is 1. The van der Waals surface area contributed by atoms with Gasteiger partial charge in [0.15, 0.2) is 0 Å². The third-order valence-electron chi connectivity index (χ3n) is 3.01. The Hall–Kier alpha value is -1.92. The Balaban J connectivity index is 2.15. The van der Waals surface area contributed by atoms with Gasteiger partial charge in [0, 0.05) is 17.5 Å². The highest BCUT2D eigenvalue weighted by molar-refractivity contribution is 6.31. The van der Waals surface area contributed by atoms with E-state index in [1.807, 2.05) is 6.92 Å². The molecule has 112 valence electrons. The summed E-state index contributed by atoms with van der Waals surface area (Å²) in [4.78, 5) is 16.0. The first kappa shape index (κ1) is 15.5. The molecular formula is C14H18ClN5O. The van der Waals surface area contributed by atoms with Crippen molar-refractivity contribution in [1.82, 2.24) is 14.8 Å². The van der Waals surface area contributed by atoms with Crippen LogP contribution in [0.15, 0.2) is 30.9 Å². The number of nitrogens with zero attached hydrogens (tertiary/aromatic N) is 3. The van der Waals surface area contributed by atoms with E-state index in [1.54, 1.807) is 29.2 Å². The maximum atomic E-state index is 12.1. The molecule has 0 saturated carbocycles. The molecule has 2 aromatic rings. The van der Waals surface area contributed by atoms with Gasteiger partial charge in [-0.2, -0.15) is 5.10 Å². The number of hydrogen-bond donors (Lipinski definition) is 2. The Morgan fingerprint density at radius 3 is 3.00 bits per heavy atom. The molecule has 0 aliphatic heterocycles. The molecule has 6 nitrogen and oxygen atoms in total. The van der Waals surface area contributed by atoms with Crippen LogP contribution in [0.3, 0.4) is 0 Å². The molecule has 0 fully saturated rings. The van der Waals surface area contributed by atoms with Crippen LogP contribution < -0.4 is 11.1 Å². The summed E-state index contributed by atoms with van der Waals surface area (Å²) in [6.07, 6.45) is 5.03. The lowest BCUT2D eigenvalue weighted by molar-refractivity contribution is -0.116. The second-order valence-electron chi connectivity index (χ2n) is 4.80. The summed E-state index contributed by atoms with van der Waals surface area (Å²) < 4.78 is 1.57. The lowest BCUT2D eigenvalue weighted by Gasteiger charge is -2.13. The topological polar surface area (TPSA) is 85.8 Å². The maximum absolute atomic E-state index is 12.1. The number of amides is 1. The zero-order chi connectivity index (χ0) is 15.2. The summed E-state index contributed by atoms with van der Waals surface area (Å²) in [5.41, 5.74) is 7.17. The van der Waals surface area contributed by atoms with Crippen LogP contribution in [0.4, 0.5) is 5.69 Å². The van der Waals surface area contributed by atoms with Crippen molar-refractivity contribution in [3.8, 4) is 5.69 Å². The molecule has 1 atom stereocenters. The summed E-state index contributed by atoms with van der Waals surface area (Å²) >= 11 is 6.00. The smallest absolute Gasteiger partial charge is 0.225 e. The van der Waals surface area contributed by atoms with Gasteiger partial charge in [0.2, 0.25) is 5.91 Å². The fraction of sp³-hybridized carbons (Fsp3) is 0.357. The van der Waals surface area contributed by atoms with E-state index in [0.717, 1.165) is 12.8 Å². The normalized spacial score (nSPS) is 12.1. The molecule has 0 aliphatic rings. The number of benzene rings is 1. The molecule has 0 spiro atoms. The largest absolute Gasteiger partial charge is 0.327 e. The summed E-state index contributed by atoms with van der Waals surface area (Å²) in [6.45, 7) is 2.04. The fourth-order valence-corrected chi connectivity index (χ4v) is 2.23. The highest BCUT2D eigenvalue weighted by Crippen LogP contribution is 2.24. The van der Waals surface area contributed by atoms with E-state index in [-0.39, 0.29) is 18.4 Å². The molecule has 1 heterocycles. The number of nitrogens with one attached hydrogen (secondary N) is 1. The van der Waals surface area contributed by atoms with Gasteiger partial charge in [-0.1, -0.05) is 24.9 Å². The molecule has 1 unspecified atom stereocenters. The molecule has 0 radical (unpaired) electrons. The molecule has 1 aromatic heterocycles. The van der Waals surface area contributed by atoms with E-state index >= 15 is 0 Å². The average Bonchev–Trinajstić information content (AvgIpc) is 2.92. The number of carbonyl (C=O) groups excluding carboxylic acids is 1. The van der Waals surface area contributed by atoms with Crippen LogP contribution in [0.5, 0.6) is 0 Å². The van der Waals surface area contributed by atoms with Crippen molar-refractivity contribution in [3.63, 3.8) is 0 Å². The highest BCUT2D eigenvalue weighted by atomic mass is 35.5. The molecule has 0 bridgehead atoms. The van der Waals surface area contributed by atoms with Crippen LogP contribution in [-0.2, 0) is 4.79 Å². The number of aromatic nitrogens is 3. The van der Waals surface area contributed by atoms with Gasteiger partial charge >= 0.3 is 0 Å². The van der Waals surface area contributed by atoms with Crippen molar-refractivity contribution in [1.29, 1.82) is 0 Å². The number of rotatable bonds is 6. The van der Waals surface area contributed by atoms with Gasteiger partial charge in [-0.3, -0.25) is 4.79 Å². The molecule has 1 aromatic carbocycles. The Bertz CT molecular complexity index is 599. The van der Waals surface area contributed by atoms with Gasteiger partial charge in [-0.15, -0.1) is 0 Å². The molecule has 0 aliphatic carbocycles. The Morgan fingerprint density at radius 1 is 1.52 bits per heavy atom. The number of halogens is 1. The molecule has 3 N–H and O–H groups in total. The SMILES string of the molecule is CCCC(N)CC(=O)Nc1cc(Cl)ccc1-n1cncn1. The van der Waals surface area contributed by atoms with Gasteiger partial charge < -0.3 is 11.1 Å². The first-order valence-electron chi connectivity index (χ1n) is 6.80. The molecule has 1 amide bonds. The minimum atomic E-state index is -0.139. The van der Waals surface area contributed by atoms with Crippen LogP contribution in [0.1, 0.15) is 26.2 Å². The first-order chi connectivity index (χ1) is 10.1. The lowest BCUT2D eigenvalue weighted by atomic mass is 10.1. The average molecular weight is 308 g/mol. The van der Waals surface area contributed by atoms with Crippen LogP contribution in [0.2, 0.25) is 5.02 Å². The van der Waals surface area contributed by atoms with Crippen LogP contribution in [-0.4, -0.2) is 26.7 Å². The van der Waals surface area contributed by atoms with E-state index in [9.17, 15) is 4.79 Å². The Labute approximate surface area is 128 Å². The maximum Gasteiger partial charge on any atom is 0.225 e. The predicted octanol–water partition coefficient (Wildman–Crippen LogP) is 2.38. The summed E-state index contributed by atoms with van der Waals surface area (Å²) in [6, 6.07) is 5.06. The van der Waals surface area contributed by atoms with Gasteiger partial charge in [-0.05, 0) is 24.6 Å². The minimum Gasteiger partial charge on any atom is -0.327 e. The van der Waals surface area contributed by atoms with E-state index in [4.69, 9.17) is 17.3 Å². The van der Waals surface area contributed by atoms with Crippen LogP contribution >= 0.6 is 11.6 Å². The standard InChI is InChI=1S/C14H18ClN5O/c1-2-3-11(16)7-14(21)19-12-6-10(15)4-5-13(12)20-9-17-8-18-20/h4-6,8-9,11H,2-3,7,16H2,1H3,(H,19,21). The van der Waals surface area contributed by atoms with Gasteiger partial charge in [0.05, 0.1) is 11.4 Å². The summed E-state index contributed by atoms with van der Waals surface area (Å²) in [5.74, 6) is -0.139. The van der Waals surface area contributed by atoms with E-state index < -0.39 is 0 Å². The van der Waals surface area contributed by atoms with Gasteiger partial charge in [0.25, 0.3) is 0 Å². The van der Waals surface area contributed by atoms with Crippen molar-refractivity contribution in [2.75, 3.05) is 5.32 Å². The quantitative estimate of drug-likeness (QED) is 0.858. The highest BCUT2D eigenvalue weighted by Gasteiger charge is 2.12. The van der Waals surface area contributed by atoms with Crippen LogP contribution in [0, 0.1) is 0 Å². The molecule has 0 saturated heterocycles. The predicted molar refractivity (Wildman–Crippen MR) is 82.5 cm³/mol. The molecule has 2 rings (SSSR count). The number of hydrogen-bond acceptors (Lipinski definition) is 4. The van der Waals surface area contributed by atoms with Gasteiger partial charge in [-0.25, -0.2) is 9.67 Å². The van der Waals surface area contributed by atoms with Crippen molar-refractivity contribution >= 4 is 23.2 Å². The third-order valence-corrected chi connectivity index (χ3v) is 3.24. The second kappa shape index (κ2) is 7.19. The van der Waals surface area contributed by atoms with Crippen molar-refractivity contribution in [2.45, 2.75) is 32.2 Å². The summed E-state index contributed by atoms with van der Waals surface area (Å²) in [7, 11) is 0. The van der Waals surface area contributed by atoms with E-state index in [0.29, 0.717) is 16.4 Å². The fourth-order valence-electron chi connectivity index (χ4n) is 2.05. The monoisotopic (exact) mass is 307 g/mol. The molecule has 7 heteroatoms. The molecule has 21 heavy (non-hydrogen) atoms. The second-order valence-corrected chi connectivity index (χ2v) is 5.24. The molecular weight excluding hydrogens is 290 g/mol. The lowest BCUT2D eigenvalue weighted by Crippen LogP contribution is -2.27. The Morgan fingerprint density at radius 2 is 2.33 bits per heavy atom. The third kappa shape index (κ3) is 4.27. The van der Waals surface area contributed by atoms with Crippen molar-refractivity contribution < 1.29 is 4.79 Å².